The van der Waals surface area contributed by atoms with Crippen LogP contribution in [0.2, 0.25) is 0 Å². The first-order chi connectivity index (χ1) is 9.10. The average Bonchev–Trinajstić information content (AvgIpc) is 2.33. The van der Waals surface area contributed by atoms with Crippen LogP contribution in [0, 0.1) is 5.92 Å². The highest BCUT2D eigenvalue weighted by Crippen LogP contribution is 2.23. The molecule has 2 aliphatic rings. The summed E-state index contributed by atoms with van der Waals surface area (Å²) < 4.78 is 11.1. The fourth-order valence-electron chi connectivity index (χ4n) is 3.19. The molecule has 2 rings (SSSR count). The highest BCUT2D eigenvalue weighted by Gasteiger charge is 2.32. The van der Waals surface area contributed by atoms with E-state index >= 15 is 0 Å². The molecule has 4 nitrogen and oxygen atoms in total. The maximum Gasteiger partial charge on any atom is 0.0717 e. The number of morpholine rings is 1. The van der Waals surface area contributed by atoms with Gasteiger partial charge in [0.15, 0.2) is 0 Å². The van der Waals surface area contributed by atoms with Crippen LogP contribution in [0.3, 0.4) is 0 Å². The lowest BCUT2D eigenvalue weighted by molar-refractivity contribution is -0.0634. The zero-order valence-electron chi connectivity index (χ0n) is 13.0. The predicted molar refractivity (Wildman–Crippen MR) is 77.5 cm³/mol. The van der Waals surface area contributed by atoms with Crippen molar-refractivity contribution in [1.29, 1.82) is 0 Å². The van der Waals surface area contributed by atoms with Crippen LogP contribution in [0.4, 0.5) is 0 Å². The van der Waals surface area contributed by atoms with E-state index in [4.69, 9.17) is 9.47 Å². The third kappa shape index (κ3) is 4.15. The second kappa shape index (κ2) is 7.02. The largest absolute Gasteiger partial charge is 0.384 e. The molecule has 2 unspecified atom stereocenters. The molecule has 2 aliphatic heterocycles. The maximum absolute atomic E-state index is 5.93. The Morgan fingerprint density at radius 1 is 1.16 bits per heavy atom. The Morgan fingerprint density at radius 2 is 1.89 bits per heavy atom. The van der Waals surface area contributed by atoms with Gasteiger partial charge in [0, 0.05) is 51.3 Å². The summed E-state index contributed by atoms with van der Waals surface area (Å²) in [6.07, 6.45) is 1.57. The van der Waals surface area contributed by atoms with Gasteiger partial charge in [-0.25, -0.2) is 0 Å². The molecule has 0 spiro atoms. The molecular weight excluding hydrogens is 240 g/mol. The molecule has 0 aromatic rings. The molecule has 0 saturated carbocycles. The second-order valence-corrected chi connectivity index (χ2v) is 6.44. The Hall–Kier alpha value is -0.160. The first-order valence-corrected chi connectivity index (χ1v) is 7.68. The third-order valence-electron chi connectivity index (χ3n) is 4.52. The Labute approximate surface area is 118 Å². The van der Waals surface area contributed by atoms with Gasteiger partial charge in [-0.1, -0.05) is 0 Å². The van der Waals surface area contributed by atoms with Gasteiger partial charge in [0.2, 0.25) is 0 Å². The lowest BCUT2D eigenvalue weighted by Crippen LogP contribution is -2.54. The molecule has 19 heavy (non-hydrogen) atoms. The van der Waals surface area contributed by atoms with Crippen LogP contribution in [0.15, 0.2) is 0 Å². The summed E-state index contributed by atoms with van der Waals surface area (Å²) in [5.41, 5.74) is 0. The van der Waals surface area contributed by atoms with Gasteiger partial charge in [-0.2, -0.15) is 0 Å². The van der Waals surface area contributed by atoms with E-state index in [-0.39, 0.29) is 0 Å². The number of hydrogen-bond donors (Lipinski definition) is 0. The maximum atomic E-state index is 5.93. The smallest absolute Gasteiger partial charge is 0.0717 e. The molecule has 2 heterocycles. The number of rotatable bonds is 6. The molecule has 0 amide bonds. The summed E-state index contributed by atoms with van der Waals surface area (Å²) in [7, 11) is 1.79. The van der Waals surface area contributed by atoms with Gasteiger partial charge in [0.25, 0.3) is 0 Å². The Bertz CT molecular complexity index is 267. The molecule has 0 N–H and O–H groups in total. The van der Waals surface area contributed by atoms with Crippen LogP contribution in [0.1, 0.15) is 27.2 Å². The second-order valence-electron chi connectivity index (χ2n) is 6.44. The molecule has 0 aromatic carbocycles. The van der Waals surface area contributed by atoms with Crippen molar-refractivity contribution in [3.05, 3.63) is 0 Å². The lowest BCUT2D eigenvalue weighted by atomic mass is 9.96. The minimum absolute atomic E-state index is 0.410. The van der Waals surface area contributed by atoms with Crippen LogP contribution in [-0.2, 0) is 9.47 Å². The molecule has 0 bridgehead atoms. The quantitative estimate of drug-likeness (QED) is 0.729. The van der Waals surface area contributed by atoms with Crippen LogP contribution in [0.25, 0.3) is 0 Å². The normalized spacial score (nSPS) is 28.6. The van der Waals surface area contributed by atoms with Gasteiger partial charge < -0.3 is 9.47 Å². The summed E-state index contributed by atoms with van der Waals surface area (Å²) in [5, 5.41) is 0. The molecule has 0 radical (unpaired) electrons. The number of hydrogen-bond acceptors (Lipinski definition) is 4. The van der Waals surface area contributed by atoms with Crippen molar-refractivity contribution >= 4 is 0 Å². The SMILES string of the molecule is COCC1CN(C(C)CC2CN(C(C)C)CCO2)C1. The first kappa shape index (κ1) is 15.2. The fraction of sp³-hybridized carbons (Fsp3) is 1.00. The monoisotopic (exact) mass is 270 g/mol. The predicted octanol–water partition coefficient (Wildman–Crippen LogP) is 1.45. The molecule has 2 atom stereocenters. The summed E-state index contributed by atoms with van der Waals surface area (Å²) in [4.78, 5) is 5.09. The molecule has 0 aromatic heterocycles. The van der Waals surface area contributed by atoms with E-state index in [9.17, 15) is 0 Å². The van der Waals surface area contributed by atoms with Gasteiger partial charge in [0.05, 0.1) is 19.3 Å². The molecule has 4 heteroatoms. The highest BCUT2D eigenvalue weighted by atomic mass is 16.5. The zero-order chi connectivity index (χ0) is 13.8. The topological polar surface area (TPSA) is 24.9 Å². The summed E-state index contributed by atoms with van der Waals surface area (Å²) in [6.45, 7) is 13.2. The lowest BCUT2D eigenvalue weighted by Gasteiger charge is -2.45. The van der Waals surface area contributed by atoms with Crippen molar-refractivity contribution in [2.45, 2.75) is 45.4 Å². The molecule has 2 fully saturated rings. The first-order valence-electron chi connectivity index (χ1n) is 7.68. The Kier molecular flexibility index (Phi) is 5.63. The van der Waals surface area contributed by atoms with Crippen LogP contribution < -0.4 is 0 Å². The zero-order valence-corrected chi connectivity index (χ0v) is 13.0. The van der Waals surface area contributed by atoms with Crippen molar-refractivity contribution in [3.63, 3.8) is 0 Å². The van der Waals surface area contributed by atoms with E-state index in [1.54, 1.807) is 7.11 Å². The number of methoxy groups -OCH3 is 1. The average molecular weight is 270 g/mol. The number of ether oxygens (including phenoxy) is 2. The van der Waals surface area contributed by atoms with Gasteiger partial charge in [-0.05, 0) is 27.2 Å². The van der Waals surface area contributed by atoms with Crippen molar-refractivity contribution in [1.82, 2.24) is 9.80 Å². The van der Waals surface area contributed by atoms with Gasteiger partial charge in [-0.15, -0.1) is 0 Å². The standard InChI is InChI=1S/C15H30N2O2/c1-12(2)16-5-6-19-15(10-16)7-13(3)17-8-14(9-17)11-18-4/h12-15H,5-11H2,1-4H3. The summed E-state index contributed by atoms with van der Waals surface area (Å²) in [6, 6.07) is 1.27. The van der Waals surface area contributed by atoms with E-state index in [2.05, 4.69) is 30.6 Å². The third-order valence-corrected chi connectivity index (χ3v) is 4.52. The van der Waals surface area contributed by atoms with E-state index in [1.807, 2.05) is 0 Å². The van der Waals surface area contributed by atoms with Crippen molar-refractivity contribution < 1.29 is 9.47 Å². The fourth-order valence-corrected chi connectivity index (χ4v) is 3.19. The number of likely N-dealkylation sites (tertiary alicyclic amines) is 1. The molecule has 112 valence electrons. The van der Waals surface area contributed by atoms with Gasteiger partial charge in [-0.3, -0.25) is 9.80 Å². The van der Waals surface area contributed by atoms with Crippen molar-refractivity contribution in [3.8, 4) is 0 Å². The summed E-state index contributed by atoms with van der Waals surface area (Å²) in [5.74, 6) is 0.742. The molecular formula is C15H30N2O2. The van der Waals surface area contributed by atoms with Crippen molar-refractivity contribution in [2.75, 3.05) is 46.5 Å². The Morgan fingerprint density at radius 3 is 2.53 bits per heavy atom. The Balaban J connectivity index is 1.69. The van der Waals surface area contributed by atoms with E-state index in [0.717, 1.165) is 38.6 Å². The molecule has 2 saturated heterocycles. The van der Waals surface area contributed by atoms with E-state index in [0.29, 0.717) is 18.2 Å². The summed E-state index contributed by atoms with van der Waals surface area (Å²) >= 11 is 0. The minimum Gasteiger partial charge on any atom is -0.384 e. The van der Waals surface area contributed by atoms with Gasteiger partial charge >= 0.3 is 0 Å². The van der Waals surface area contributed by atoms with Crippen LogP contribution >= 0.6 is 0 Å². The van der Waals surface area contributed by atoms with Gasteiger partial charge in [0.1, 0.15) is 0 Å². The van der Waals surface area contributed by atoms with Crippen LogP contribution in [-0.4, -0.2) is 74.5 Å². The van der Waals surface area contributed by atoms with E-state index in [1.165, 1.54) is 13.1 Å². The molecule has 0 aliphatic carbocycles. The van der Waals surface area contributed by atoms with Crippen LogP contribution in [0.5, 0.6) is 0 Å². The van der Waals surface area contributed by atoms with Crippen molar-refractivity contribution in [2.24, 2.45) is 5.92 Å². The van der Waals surface area contributed by atoms with E-state index < -0.39 is 0 Å². The highest BCUT2D eigenvalue weighted by molar-refractivity contribution is 4.86. The minimum atomic E-state index is 0.410. The number of nitrogens with zero attached hydrogens (tertiary/aromatic N) is 2.